The number of aromatic nitrogens is 2. The minimum atomic E-state index is -0.277. The van der Waals surface area contributed by atoms with Crippen molar-refractivity contribution in [2.45, 2.75) is 13.3 Å². The van der Waals surface area contributed by atoms with Crippen molar-refractivity contribution >= 4 is 5.97 Å². The van der Waals surface area contributed by atoms with Gasteiger partial charge in [-0.25, -0.2) is 4.98 Å². The van der Waals surface area contributed by atoms with Crippen LogP contribution in [-0.2, 0) is 23.0 Å². The van der Waals surface area contributed by atoms with Crippen LogP contribution in [0.5, 0.6) is 0 Å². The zero-order valence-corrected chi connectivity index (χ0v) is 9.14. The summed E-state index contributed by atoms with van der Waals surface area (Å²) in [5.41, 5.74) is 6.52. The number of nitrogens with zero attached hydrogens (tertiary/aromatic N) is 2. The van der Waals surface area contributed by atoms with Gasteiger partial charge in [0.25, 0.3) is 0 Å². The number of ether oxygens (including phenoxy) is 1. The maximum atomic E-state index is 11.5. The van der Waals surface area contributed by atoms with Crippen LogP contribution < -0.4 is 5.73 Å². The van der Waals surface area contributed by atoms with E-state index in [0.717, 1.165) is 5.69 Å². The Morgan fingerprint density at radius 1 is 1.73 bits per heavy atom. The summed E-state index contributed by atoms with van der Waals surface area (Å²) >= 11 is 0. The first kappa shape index (κ1) is 11.7. The van der Waals surface area contributed by atoms with E-state index in [1.54, 1.807) is 19.4 Å². The molecule has 2 N–H and O–H groups in total. The monoisotopic (exact) mass is 211 g/mol. The Morgan fingerprint density at radius 2 is 2.47 bits per heavy atom. The highest BCUT2D eigenvalue weighted by atomic mass is 16.5. The third kappa shape index (κ3) is 3.06. The molecule has 0 aliphatic heterocycles. The second kappa shape index (κ2) is 5.50. The van der Waals surface area contributed by atoms with E-state index in [4.69, 9.17) is 10.5 Å². The van der Waals surface area contributed by atoms with Crippen molar-refractivity contribution in [1.82, 2.24) is 9.55 Å². The Kier molecular flexibility index (Phi) is 4.30. The van der Waals surface area contributed by atoms with E-state index < -0.39 is 0 Å². The molecule has 1 rings (SSSR count). The summed E-state index contributed by atoms with van der Waals surface area (Å²) < 4.78 is 6.81. The van der Waals surface area contributed by atoms with E-state index in [2.05, 4.69) is 4.98 Å². The fourth-order valence-electron chi connectivity index (χ4n) is 1.36. The van der Waals surface area contributed by atoms with Crippen molar-refractivity contribution in [2.24, 2.45) is 18.7 Å². The van der Waals surface area contributed by atoms with Crippen molar-refractivity contribution < 1.29 is 9.53 Å². The lowest BCUT2D eigenvalue weighted by Gasteiger charge is -2.13. The molecule has 0 aliphatic carbocycles. The fraction of sp³-hybridized carbons (Fsp3) is 0.600. The van der Waals surface area contributed by atoms with Crippen LogP contribution in [0.2, 0.25) is 0 Å². The van der Waals surface area contributed by atoms with Crippen LogP contribution in [0, 0.1) is 5.92 Å². The molecule has 1 atom stereocenters. The summed E-state index contributed by atoms with van der Waals surface area (Å²) in [6.45, 7) is 2.47. The minimum absolute atomic E-state index is 0.235. The molecule has 0 amide bonds. The van der Waals surface area contributed by atoms with Crippen LogP contribution >= 0.6 is 0 Å². The van der Waals surface area contributed by atoms with E-state index in [0.29, 0.717) is 19.6 Å². The van der Waals surface area contributed by atoms with Crippen molar-refractivity contribution in [3.05, 3.63) is 18.2 Å². The molecule has 1 aromatic heterocycles. The molecule has 0 spiro atoms. The largest absolute Gasteiger partial charge is 0.466 e. The van der Waals surface area contributed by atoms with Gasteiger partial charge in [-0.2, -0.15) is 0 Å². The van der Waals surface area contributed by atoms with E-state index in [1.165, 1.54) is 0 Å². The molecule has 0 saturated carbocycles. The lowest BCUT2D eigenvalue weighted by molar-refractivity contribution is -0.147. The van der Waals surface area contributed by atoms with Crippen LogP contribution in [0.25, 0.3) is 0 Å². The number of rotatable bonds is 5. The molecule has 5 nitrogen and oxygen atoms in total. The lowest BCUT2D eigenvalue weighted by Crippen LogP contribution is -2.28. The van der Waals surface area contributed by atoms with Gasteiger partial charge in [0, 0.05) is 31.9 Å². The van der Waals surface area contributed by atoms with Crippen LogP contribution in [0.3, 0.4) is 0 Å². The van der Waals surface area contributed by atoms with Gasteiger partial charge in [-0.3, -0.25) is 4.79 Å². The first-order valence-corrected chi connectivity index (χ1v) is 5.01. The molecular weight excluding hydrogens is 194 g/mol. The molecule has 0 fully saturated rings. The van der Waals surface area contributed by atoms with Crippen LogP contribution in [-0.4, -0.2) is 28.7 Å². The number of carbonyl (C=O) groups excluding carboxylic acids is 1. The fourth-order valence-corrected chi connectivity index (χ4v) is 1.36. The maximum Gasteiger partial charge on any atom is 0.310 e. The highest BCUT2D eigenvalue weighted by Gasteiger charge is 2.19. The molecule has 5 heteroatoms. The molecule has 84 valence electrons. The number of aryl methyl sites for hydroxylation is 1. The normalized spacial score (nSPS) is 12.5. The summed E-state index contributed by atoms with van der Waals surface area (Å²) in [5.74, 6) is -0.512. The number of hydrogen-bond donors (Lipinski definition) is 1. The average Bonchev–Trinajstić information content (AvgIpc) is 2.61. The smallest absolute Gasteiger partial charge is 0.310 e. The maximum absolute atomic E-state index is 11.5. The van der Waals surface area contributed by atoms with Gasteiger partial charge in [0.2, 0.25) is 0 Å². The second-order valence-electron chi connectivity index (χ2n) is 3.38. The molecule has 1 heterocycles. The van der Waals surface area contributed by atoms with Crippen LogP contribution in [0.15, 0.2) is 12.5 Å². The SMILES string of the molecule is CCOC(=O)C(CN)Cc1cncn1C. The van der Waals surface area contributed by atoms with Crippen molar-refractivity contribution in [1.29, 1.82) is 0 Å². The van der Waals surface area contributed by atoms with Gasteiger partial charge in [-0.15, -0.1) is 0 Å². The van der Waals surface area contributed by atoms with E-state index in [9.17, 15) is 4.79 Å². The van der Waals surface area contributed by atoms with E-state index in [1.807, 2.05) is 11.6 Å². The molecule has 0 radical (unpaired) electrons. The standard InChI is InChI=1S/C10H17N3O2/c1-3-15-10(14)8(5-11)4-9-6-12-7-13(9)2/h6-8H,3-5,11H2,1-2H3. The zero-order valence-electron chi connectivity index (χ0n) is 9.14. The highest BCUT2D eigenvalue weighted by Crippen LogP contribution is 2.08. The second-order valence-corrected chi connectivity index (χ2v) is 3.38. The molecule has 1 aromatic rings. The van der Waals surface area contributed by atoms with Gasteiger partial charge < -0.3 is 15.0 Å². The number of imidazole rings is 1. The van der Waals surface area contributed by atoms with Crippen LogP contribution in [0.4, 0.5) is 0 Å². The number of carbonyl (C=O) groups is 1. The summed E-state index contributed by atoms with van der Waals surface area (Å²) in [7, 11) is 1.89. The summed E-state index contributed by atoms with van der Waals surface area (Å²) in [4.78, 5) is 15.5. The molecule has 0 aromatic carbocycles. The molecule has 0 aliphatic rings. The Bertz CT molecular complexity index is 322. The first-order valence-electron chi connectivity index (χ1n) is 5.01. The predicted octanol–water partition coefficient (Wildman–Crippen LogP) is 0.101. The van der Waals surface area contributed by atoms with Crippen molar-refractivity contribution in [3.8, 4) is 0 Å². The summed E-state index contributed by atoms with van der Waals surface area (Å²) in [6.07, 6.45) is 4.02. The van der Waals surface area contributed by atoms with E-state index >= 15 is 0 Å². The van der Waals surface area contributed by atoms with Gasteiger partial charge >= 0.3 is 5.97 Å². The Labute approximate surface area is 89.2 Å². The minimum Gasteiger partial charge on any atom is -0.466 e. The highest BCUT2D eigenvalue weighted by molar-refractivity contribution is 5.73. The summed E-state index contributed by atoms with van der Waals surface area (Å²) in [6, 6.07) is 0. The number of hydrogen-bond acceptors (Lipinski definition) is 4. The van der Waals surface area contributed by atoms with Gasteiger partial charge in [0.05, 0.1) is 18.9 Å². The molecule has 1 unspecified atom stereocenters. The molecular formula is C10H17N3O2. The average molecular weight is 211 g/mol. The van der Waals surface area contributed by atoms with Gasteiger partial charge in [0.15, 0.2) is 0 Å². The Morgan fingerprint density at radius 3 is 2.93 bits per heavy atom. The van der Waals surface area contributed by atoms with E-state index in [-0.39, 0.29) is 11.9 Å². The molecule has 0 saturated heterocycles. The quantitative estimate of drug-likeness (QED) is 0.701. The van der Waals surface area contributed by atoms with Gasteiger partial charge in [-0.05, 0) is 6.92 Å². The van der Waals surface area contributed by atoms with Gasteiger partial charge in [-0.1, -0.05) is 0 Å². The number of nitrogens with two attached hydrogens (primary N) is 1. The Balaban J connectivity index is 2.61. The Hall–Kier alpha value is -1.36. The number of esters is 1. The predicted molar refractivity (Wildman–Crippen MR) is 56.1 cm³/mol. The summed E-state index contributed by atoms with van der Waals surface area (Å²) in [5, 5.41) is 0. The van der Waals surface area contributed by atoms with Gasteiger partial charge in [0.1, 0.15) is 0 Å². The third-order valence-corrected chi connectivity index (χ3v) is 2.28. The van der Waals surface area contributed by atoms with Crippen molar-refractivity contribution in [2.75, 3.05) is 13.2 Å². The lowest BCUT2D eigenvalue weighted by atomic mass is 10.0. The topological polar surface area (TPSA) is 70.1 Å². The molecule has 15 heavy (non-hydrogen) atoms. The van der Waals surface area contributed by atoms with Crippen LogP contribution in [0.1, 0.15) is 12.6 Å². The first-order chi connectivity index (χ1) is 7.19. The molecule has 0 bridgehead atoms. The third-order valence-electron chi connectivity index (χ3n) is 2.28. The zero-order chi connectivity index (χ0) is 11.3. The van der Waals surface area contributed by atoms with Crippen molar-refractivity contribution in [3.63, 3.8) is 0 Å².